The highest BCUT2D eigenvalue weighted by Crippen LogP contribution is 2.35. The summed E-state index contributed by atoms with van der Waals surface area (Å²) in [7, 11) is -1.32. The first-order valence-corrected chi connectivity index (χ1v) is 14.3. The van der Waals surface area contributed by atoms with E-state index in [2.05, 4.69) is 5.32 Å². The van der Waals surface area contributed by atoms with Crippen molar-refractivity contribution >= 4 is 39.1 Å². The van der Waals surface area contributed by atoms with Gasteiger partial charge in [-0.2, -0.15) is 0 Å². The van der Waals surface area contributed by atoms with E-state index in [1.807, 2.05) is 38.1 Å². The number of ether oxygens (including phenoxy) is 1. The van der Waals surface area contributed by atoms with Gasteiger partial charge < -0.3 is 15.0 Å². The number of anilines is 1. The van der Waals surface area contributed by atoms with Gasteiger partial charge in [-0.3, -0.25) is 13.9 Å². The molecule has 3 aromatic rings. The molecule has 10 heteroatoms. The highest BCUT2D eigenvalue weighted by atomic mass is 35.5. The molecule has 0 aromatic heterocycles. The van der Waals surface area contributed by atoms with Gasteiger partial charge in [-0.1, -0.05) is 66.0 Å². The Hall–Kier alpha value is -3.56. The third-order valence-electron chi connectivity index (χ3n) is 6.40. The number of nitrogens with one attached hydrogen (secondary N) is 1. The lowest BCUT2D eigenvalue weighted by Crippen LogP contribution is -2.51. The molecule has 208 valence electrons. The summed E-state index contributed by atoms with van der Waals surface area (Å²) in [5, 5.41) is 2.89. The molecule has 0 heterocycles. The van der Waals surface area contributed by atoms with Crippen LogP contribution in [0, 0.1) is 13.8 Å². The molecule has 8 nitrogen and oxygen atoms in total. The van der Waals surface area contributed by atoms with E-state index >= 15 is 0 Å². The minimum Gasteiger partial charge on any atom is -0.495 e. The van der Waals surface area contributed by atoms with Gasteiger partial charge in [0, 0.05) is 18.6 Å². The maximum Gasteiger partial charge on any atom is 0.264 e. The molecule has 1 atom stereocenters. The lowest BCUT2D eigenvalue weighted by molar-refractivity contribution is -0.140. The minimum atomic E-state index is -4.24. The van der Waals surface area contributed by atoms with Crippen LogP contribution in [0.2, 0.25) is 5.02 Å². The van der Waals surface area contributed by atoms with Crippen molar-refractivity contribution in [2.45, 2.75) is 44.7 Å². The molecular weight excluding hydrogens is 538 g/mol. The van der Waals surface area contributed by atoms with E-state index in [0.717, 1.165) is 21.0 Å². The van der Waals surface area contributed by atoms with Crippen LogP contribution in [0.15, 0.2) is 71.6 Å². The number of likely N-dealkylation sites (N-methyl/N-ethyl adjacent to an activating group) is 1. The molecule has 0 saturated heterocycles. The molecule has 3 rings (SSSR count). The van der Waals surface area contributed by atoms with Gasteiger partial charge in [-0.15, -0.1) is 0 Å². The van der Waals surface area contributed by atoms with Gasteiger partial charge in [0.15, 0.2) is 0 Å². The van der Waals surface area contributed by atoms with Crippen molar-refractivity contribution in [1.82, 2.24) is 10.2 Å². The summed E-state index contributed by atoms with van der Waals surface area (Å²) >= 11 is 6.26. The molecule has 0 aliphatic carbocycles. The van der Waals surface area contributed by atoms with Crippen LogP contribution < -0.4 is 14.4 Å². The van der Waals surface area contributed by atoms with E-state index in [1.165, 1.54) is 37.3 Å². The van der Waals surface area contributed by atoms with Crippen molar-refractivity contribution in [2.24, 2.45) is 0 Å². The summed E-state index contributed by atoms with van der Waals surface area (Å²) < 4.78 is 34.4. The Balaban J connectivity index is 2.12. The predicted molar refractivity (Wildman–Crippen MR) is 154 cm³/mol. The molecule has 1 unspecified atom stereocenters. The number of nitrogens with zero attached hydrogens (tertiary/aromatic N) is 2. The average molecular weight is 572 g/mol. The number of aryl methyl sites for hydroxylation is 2. The molecule has 0 bridgehead atoms. The number of hydrogen-bond acceptors (Lipinski definition) is 5. The SMILES string of the molecule is CCC(C(=O)NC)N(Cc1ccc(C)cc1)C(=O)CN(c1cc(Cl)ccc1OC)S(=O)(=O)c1ccc(C)cc1. The van der Waals surface area contributed by atoms with Gasteiger partial charge >= 0.3 is 0 Å². The molecular formula is C29H34ClN3O5S. The van der Waals surface area contributed by atoms with Gasteiger partial charge in [0.25, 0.3) is 10.0 Å². The number of rotatable bonds is 11. The summed E-state index contributed by atoms with van der Waals surface area (Å²) in [6.07, 6.45) is 0.336. The summed E-state index contributed by atoms with van der Waals surface area (Å²) in [6, 6.07) is 17.7. The van der Waals surface area contributed by atoms with Gasteiger partial charge in [0.2, 0.25) is 11.8 Å². The van der Waals surface area contributed by atoms with E-state index in [-0.39, 0.29) is 33.8 Å². The number of sulfonamides is 1. The van der Waals surface area contributed by atoms with Gasteiger partial charge in [0.1, 0.15) is 18.3 Å². The number of carbonyl (C=O) groups excluding carboxylic acids is 2. The Kier molecular flexibility index (Phi) is 9.99. The fourth-order valence-corrected chi connectivity index (χ4v) is 5.77. The maximum absolute atomic E-state index is 14.0. The lowest BCUT2D eigenvalue weighted by Gasteiger charge is -2.33. The van der Waals surface area contributed by atoms with E-state index in [4.69, 9.17) is 16.3 Å². The van der Waals surface area contributed by atoms with Crippen LogP contribution in [0.3, 0.4) is 0 Å². The van der Waals surface area contributed by atoms with Crippen molar-refractivity contribution in [1.29, 1.82) is 0 Å². The largest absolute Gasteiger partial charge is 0.495 e. The second kappa shape index (κ2) is 13.0. The topological polar surface area (TPSA) is 96.0 Å². The monoisotopic (exact) mass is 571 g/mol. The van der Waals surface area contributed by atoms with Gasteiger partial charge in [-0.05, 0) is 56.2 Å². The molecule has 0 fully saturated rings. The quantitative estimate of drug-likeness (QED) is 0.359. The number of methoxy groups -OCH3 is 1. The fraction of sp³-hybridized carbons (Fsp3) is 0.310. The zero-order valence-corrected chi connectivity index (χ0v) is 24.3. The molecule has 0 aliphatic rings. The molecule has 0 radical (unpaired) electrons. The smallest absolute Gasteiger partial charge is 0.264 e. The van der Waals surface area contributed by atoms with Crippen LogP contribution in [0.25, 0.3) is 0 Å². The summed E-state index contributed by atoms with van der Waals surface area (Å²) in [5.74, 6) is -0.665. The van der Waals surface area contributed by atoms with E-state index in [0.29, 0.717) is 6.42 Å². The average Bonchev–Trinajstić information content (AvgIpc) is 2.92. The second-order valence-corrected chi connectivity index (χ2v) is 11.5. The Morgan fingerprint density at radius 3 is 2.10 bits per heavy atom. The van der Waals surface area contributed by atoms with E-state index in [9.17, 15) is 18.0 Å². The zero-order valence-electron chi connectivity index (χ0n) is 22.8. The van der Waals surface area contributed by atoms with Crippen molar-refractivity contribution in [3.8, 4) is 5.75 Å². The van der Waals surface area contributed by atoms with E-state index < -0.39 is 28.5 Å². The summed E-state index contributed by atoms with van der Waals surface area (Å²) in [5.41, 5.74) is 2.86. The number of benzene rings is 3. The minimum absolute atomic E-state index is 0.00589. The zero-order chi connectivity index (χ0) is 28.7. The first-order chi connectivity index (χ1) is 18.5. The van der Waals surface area contributed by atoms with Crippen molar-refractivity contribution < 1.29 is 22.7 Å². The van der Waals surface area contributed by atoms with Crippen LogP contribution in [0.4, 0.5) is 5.69 Å². The van der Waals surface area contributed by atoms with Crippen LogP contribution in [-0.4, -0.2) is 51.9 Å². The van der Waals surface area contributed by atoms with Gasteiger partial charge in [-0.25, -0.2) is 8.42 Å². The van der Waals surface area contributed by atoms with Crippen LogP contribution >= 0.6 is 11.6 Å². The Bertz CT molecular complexity index is 1410. The Labute approximate surface area is 235 Å². The van der Waals surface area contributed by atoms with Gasteiger partial charge in [0.05, 0.1) is 17.7 Å². The predicted octanol–water partition coefficient (Wildman–Crippen LogP) is 4.71. The summed E-state index contributed by atoms with van der Waals surface area (Å²) in [6.45, 7) is 5.15. The number of halogens is 1. The third kappa shape index (κ3) is 7.10. The normalized spacial score (nSPS) is 11.9. The van der Waals surface area contributed by atoms with Crippen molar-refractivity contribution in [3.63, 3.8) is 0 Å². The number of amides is 2. The van der Waals surface area contributed by atoms with Crippen LogP contribution in [-0.2, 0) is 26.2 Å². The maximum atomic E-state index is 14.0. The molecule has 0 saturated carbocycles. The van der Waals surface area contributed by atoms with Crippen molar-refractivity contribution in [2.75, 3.05) is 25.0 Å². The second-order valence-electron chi connectivity index (χ2n) is 9.19. The lowest BCUT2D eigenvalue weighted by atomic mass is 10.1. The Morgan fingerprint density at radius 1 is 0.974 bits per heavy atom. The standard InChI is InChI=1S/C29H34ClN3O5S/c1-6-25(29(35)31-4)32(18-22-11-7-20(2)8-12-22)28(34)19-33(26-17-23(30)13-16-27(26)38-5)39(36,37)24-14-9-21(3)10-15-24/h7-17,25H,6,18-19H2,1-5H3,(H,31,35). The molecule has 0 spiro atoms. The molecule has 2 amide bonds. The molecule has 1 N–H and O–H groups in total. The highest BCUT2D eigenvalue weighted by Gasteiger charge is 2.34. The summed E-state index contributed by atoms with van der Waals surface area (Å²) in [4.78, 5) is 28.2. The fourth-order valence-electron chi connectivity index (χ4n) is 4.19. The molecule has 0 aliphatic heterocycles. The van der Waals surface area contributed by atoms with E-state index in [1.54, 1.807) is 31.2 Å². The molecule has 3 aromatic carbocycles. The first-order valence-electron chi connectivity index (χ1n) is 12.5. The third-order valence-corrected chi connectivity index (χ3v) is 8.41. The van der Waals surface area contributed by atoms with Crippen LogP contribution in [0.5, 0.6) is 5.75 Å². The Morgan fingerprint density at radius 2 is 1.56 bits per heavy atom. The van der Waals surface area contributed by atoms with Crippen LogP contribution in [0.1, 0.15) is 30.0 Å². The number of carbonyl (C=O) groups is 2. The number of hydrogen-bond donors (Lipinski definition) is 1. The van der Waals surface area contributed by atoms with Crippen molar-refractivity contribution in [3.05, 3.63) is 88.4 Å². The highest BCUT2D eigenvalue weighted by molar-refractivity contribution is 7.92. The first kappa shape index (κ1) is 30.0. The molecule has 39 heavy (non-hydrogen) atoms.